The van der Waals surface area contributed by atoms with E-state index in [-0.39, 0.29) is 5.91 Å². The molecular formula is C16H11BrN4OS. The summed E-state index contributed by atoms with van der Waals surface area (Å²) in [5, 5.41) is 12.1. The number of carbonyl (C=O) groups is 1. The van der Waals surface area contributed by atoms with Crippen molar-refractivity contribution in [1.29, 1.82) is 0 Å². The molecule has 0 unspecified atom stereocenters. The van der Waals surface area contributed by atoms with Crippen molar-refractivity contribution in [3.05, 3.63) is 63.8 Å². The van der Waals surface area contributed by atoms with E-state index < -0.39 is 0 Å². The Morgan fingerprint density at radius 2 is 2.13 bits per heavy atom. The highest BCUT2D eigenvalue weighted by Crippen LogP contribution is 2.28. The molecule has 0 fully saturated rings. The van der Waals surface area contributed by atoms with Crippen LogP contribution in [0.1, 0.15) is 15.5 Å². The van der Waals surface area contributed by atoms with Gasteiger partial charge < -0.3 is 5.32 Å². The quantitative estimate of drug-likeness (QED) is 0.584. The summed E-state index contributed by atoms with van der Waals surface area (Å²) in [5.41, 5.74) is 0.767. The molecule has 1 aromatic carbocycles. The maximum atomic E-state index is 12.4. The molecule has 0 radical (unpaired) electrons. The van der Waals surface area contributed by atoms with Crippen molar-refractivity contribution in [2.24, 2.45) is 0 Å². The summed E-state index contributed by atoms with van der Waals surface area (Å²) in [6.45, 7) is 0.335. The van der Waals surface area contributed by atoms with E-state index >= 15 is 0 Å². The Bertz CT molecular complexity index is 1020. The van der Waals surface area contributed by atoms with Crippen LogP contribution in [0.3, 0.4) is 0 Å². The molecule has 0 atom stereocenters. The lowest BCUT2D eigenvalue weighted by atomic mass is 10.2. The fourth-order valence-corrected chi connectivity index (χ4v) is 3.72. The normalized spacial score (nSPS) is 11.2. The van der Waals surface area contributed by atoms with Gasteiger partial charge in [-0.15, -0.1) is 21.5 Å². The van der Waals surface area contributed by atoms with E-state index in [1.54, 1.807) is 0 Å². The van der Waals surface area contributed by atoms with Crippen LogP contribution in [0.15, 0.2) is 53.1 Å². The maximum absolute atomic E-state index is 12.4. The summed E-state index contributed by atoms with van der Waals surface area (Å²) < 4.78 is 3.96. The predicted molar refractivity (Wildman–Crippen MR) is 93.7 cm³/mol. The molecule has 0 bridgehead atoms. The smallest absolute Gasteiger partial charge is 0.261 e. The molecular weight excluding hydrogens is 376 g/mol. The number of thiophene rings is 1. The summed E-state index contributed by atoms with van der Waals surface area (Å²) in [4.78, 5) is 13.0. The number of amides is 1. The number of hydrogen-bond acceptors (Lipinski definition) is 4. The first-order chi connectivity index (χ1) is 11.2. The van der Waals surface area contributed by atoms with Gasteiger partial charge in [-0.2, -0.15) is 0 Å². The monoisotopic (exact) mass is 386 g/mol. The van der Waals surface area contributed by atoms with Gasteiger partial charge in [0.25, 0.3) is 5.91 Å². The lowest BCUT2D eigenvalue weighted by Crippen LogP contribution is -2.23. The van der Waals surface area contributed by atoms with Gasteiger partial charge in [0, 0.05) is 15.4 Å². The summed E-state index contributed by atoms with van der Waals surface area (Å²) in [6.07, 6.45) is 1.88. The topological polar surface area (TPSA) is 59.3 Å². The fourth-order valence-electron chi connectivity index (χ4n) is 2.38. The van der Waals surface area contributed by atoms with Gasteiger partial charge in [0.1, 0.15) is 0 Å². The lowest BCUT2D eigenvalue weighted by Gasteiger charge is -2.02. The van der Waals surface area contributed by atoms with Crippen LogP contribution >= 0.6 is 27.3 Å². The van der Waals surface area contributed by atoms with Crippen molar-refractivity contribution in [3.8, 4) is 0 Å². The Labute approximate surface area is 144 Å². The van der Waals surface area contributed by atoms with Crippen LogP contribution in [0.5, 0.6) is 0 Å². The molecule has 4 rings (SSSR count). The molecule has 3 heterocycles. The zero-order valence-electron chi connectivity index (χ0n) is 11.9. The predicted octanol–water partition coefficient (Wildman–Crippen LogP) is 3.64. The zero-order chi connectivity index (χ0) is 15.8. The third-order valence-electron chi connectivity index (χ3n) is 3.49. The number of nitrogens with zero attached hydrogens (tertiary/aromatic N) is 3. The van der Waals surface area contributed by atoms with Crippen LogP contribution in [-0.4, -0.2) is 20.5 Å². The first-order valence-electron chi connectivity index (χ1n) is 6.97. The minimum atomic E-state index is -0.102. The second-order valence-electron chi connectivity index (χ2n) is 5.02. The molecule has 4 aromatic rings. The van der Waals surface area contributed by atoms with E-state index in [0.717, 1.165) is 20.2 Å². The minimum absolute atomic E-state index is 0.102. The first kappa shape index (κ1) is 14.3. The molecule has 23 heavy (non-hydrogen) atoms. The molecule has 0 spiro atoms. The highest BCUT2D eigenvalue weighted by atomic mass is 79.9. The molecule has 114 valence electrons. The Kier molecular flexibility index (Phi) is 3.59. The van der Waals surface area contributed by atoms with E-state index in [1.807, 2.05) is 53.1 Å². The van der Waals surface area contributed by atoms with Crippen molar-refractivity contribution in [1.82, 2.24) is 19.9 Å². The van der Waals surface area contributed by atoms with E-state index in [4.69, 9.17) is 0 Å². The molecule has 7 heteroatoms. The van der Waals surface area contributed by atoms with Crippen molar-refractivity contribution in [3.63, 3.8) is 0 Å². The molecule has 0 saturated heterocycles. The Morgan fingerprint density at radius 3 is 3.04 bits per heavy atom. The van der Waals surface area contributed by atoms with E-state index in [1.165, 1.54) is 11.3 Å². The van der Waals surface area contributed by atoms with Crippen LogP contribution in [0.4, 0.5) is 0 Å². The van der Waals surface area contributed by atoms with Crippen molar-refractivity contribution in [2.75, 3.05) is 0 Å². The number of fused-ring (bicyclic) bond motifs is 2. The third-order valence-corrected chi connectivity index (χ3v) is 5.10. The Balaban J connectivity index is 1.55. The largest absolute Gasteiger partial charge is 0.344 e. The number of carbonyl (C=O) groups excluding carboxylic acids is 1. The standard InChI is InChI=1S/C16H11BrN4OS/c17-11-4-5-12-10(7-11)8-13(23-12)16(22)18-9-15-20-19-14-3-1-2-6-21(14)15/h1-8H,9H2,(H,18,22). The van der Waals surface area contributed by atoms with Gasteiger partial charge in [0.05, 0.1) is 11.4 Å². The molecule has 1 N–H and O–H groups in total. The summed E-state index contributed by atoms with van der Waals surface area (Å²) in [5.74, 6) is 0.604. The van der Waals surface area contributed by atoms with E-state index in [0.29, 0.717) is 17.2 Å². The summed E-state index contributed by atoms with van der Waals surface area (Å²) in [7, 11) is 0. The molecule has 1 amide bonds. The first-order valence-corrected chi connectivity index (χ1v) is 8.57. The second-order valence-corrected chi connectivity index (χ2v) is 7.02. The molecule has 3 aromatic heterocycles. The molecule has 0 aliphatic carbocycles. The summed E-state index contributed by atoms with van der Waals surface area (Å²) >= 11 is 4.92. The molecule has 0 saturated carbocycles. The van der Waals surface area contributed by atoms with Crippen molar-refractivity contribution in [2.45, 2.75) is 6.54 Å². The van der Waals surface area contributed by atoms with Gasteiger partial charge in [0.2, 0.25) is 0 Å². The number of halogens is 1. The molecule has 0 aliphatic rings. The number of hydrogen-bond donors (Lipinski definition) is 1. The number of nitrogens with one attached hydrogen (secondary N) is 1. The maximum Gasteiger partial charge on any atom is 0.261 e. The zero-order valence-corrected chi connectivity index (χ0v) is 14.3. The van der Waals surface area contributed by atoms with Gasteiger partial charge in [0.15, 0.2) is 11.5 Å². The van der Waals surface area contributed by atoms with Crippen LogP contribution in [0.2, 0.25) is 0 Å². The number of pyridine rings is 1. The molecule has 5 nitrogen and oxygen atoms in total. The number of aromatic nitrogens is 3. The Morgan fingerprint density at radius 1 is 1.22 bits per heavy atom. The summed E-state index contributed by atoms with van der Waals surface area (Å²) in [6, 6.07) is 13.6. The van der Waals surface area contributed by atoms with Gasteiger partial charge in [-0.3, -0.25) is 9.20 Å². The van der Waals surface area contributed by atoms with Crippen LogP contribution in [-0.2, 0) is 6.54 Å². The van der Waals surface area contributed by atoms with Gasteiger partial charge in [-0.05, 0) is 41.8 Å². The highest BCUT2D eigenvalue weighted by Gasteiger charge is 2.12. The number of benzene rings is 1. The Hall–Kier alpha value is -2.25. The van der Waals surface area contributed by atoms with Crippen molar-refractivity contribution >= 4 is 48.9 Å². The van der Waals surface area contributed by atoms with Crippen LogP contribution in [0.25, 0.3) is 15.7 Å². The second kappa shape index (κ2) is 5.75. The van der Waals surface area contributed by atoms with Crippen LogP contribution < -0.4 is 5.32 Å². The average Bonchev–Trinajstić information content (AvgIpc) is 3.16. The van der Waals surface area contributed by atoms with E-state index in [9.17, 15) is 4.79 Å². The van der Waals surface area contributed by atoms with Gasteiger partial charge in [-0.1, -0.05) is 22.0 Å². The van der Waals surface area contributed by atoms with E-state index in [2.05, 4.69) is 31.4 Å². The van der Waals surface area contributed by atoms with Gasteiger partial charge in [-0.25, -0.2) is 0 Å². The van der Waals surface area contributed by atoms with Gasteiger partial charge >= 0.3 is 0 Å². The van der Waals surface area contributed by atoms with Crippen LogP contribution in [0, 0.1) is 0 Å². The lowest BCUT2D eigenvalue weighted by molar-refractivity contribution is 0.0954. The fraction of sp³-hybridized carbons (Fsp3) is 0.0625. The minimum Gasteiger partial charge on any atom is -0.344 e. The molecule has 0 aliphatic heterocycles. The van der Waals surface area contributed by atoms with Crippen molar-refractivity contribution < 1.29 is 4.79 Å². The number of rotatable bonds is 3. The average molecular weight is 387 g/mol. The third kappa shape index (κ3) is 2.73. The SMILES string of the molecule is O=C(NCc1nnc2ccccn12)c1cc2cc(Br)ccc2s1. The highest BCUT2D eigenvalue weighted by molar-refractivity contribution is 9.10.